The number of thioether (sulfide) groups is 1. The zero-order valence-corrected chi connectivity index (χ0v) is 13.8. The maximum Gasteiger partial charge on any atom is 0.269 e. The number of nitro groups is 1. The van der Waals surface area contributed by atoms with Crippen molar-refractivity contribution in [1.29, 1.82) is 0 Å². The lowest BCUT2D eigenvalue weighted by Crippen LogP contribution is -2.28. The van der Waals surface area contributed by atoms with Gasteiger partial charge in [-0.2, -0.15) is 0 Å². The summed E-state index contributed by atoms with van der Waals surface area (Å²) in [6, 6.07) is 11.8. The molecule has 0 radical (unpaired) electrons. The molecule has 1 saturated heterocycles. The molecule has 2 aromatic rings. The first-order valence-electron chi connectivity index (χ1n) is 6.92. The first kappa shape index (κ1) is 15.8. The average molecular weight is 349 g/mol. The average Bonchev–Trinajstić information content (AvgIpc) is 2.92. The molecule has 118 valence electrons. The Morgan fingerprint density at radius 3 is 2.61 bits per heavy atom. The van der Waals surface area contributed by atoms with Gasteiger partial charge in [-0.3, -0.25) is 19.8 Å². The standard InChI is InChI=1S/C16H13ClN2O3S/c1-10-13(17)3-2-4-14(10)18-15(20)9-23-16(18)11-5-7-12(8-6-11)19(21)22/h2-8,16H,9H2,1H3/t16-/m1/s1. The summed E-state index contributed by atoms with van der Waals surface area (Å²) in [5.74, 6) is 0.372. The van der Waals surface area contributed by atoms with E-state index in [-0.39, 0.29) is 17.0 Å². The molecule has 23 heavy (non-hydrogen) atoms. The summed E-state index contributed by atoms with van der Waals surface area (Å²) in [7, 11) is 0. The van der Waals surface area contributed by atoms with E-state index >= 15 is 0 Å². The minimum Gasteiger partial charge on any atom is -0.295 e. The summed E-state index contributed by atoms with van der Waals surface area (Å²) in [5.41, 5.74) is 2.51. The number of hydrogen-bond acceptors (Lipinski definition) is 4. The van der Waals surface area contributed by atoms with Crippen LogP contribution in [0.25, 0.3) is 0 Å². The van der Waals surface area contributed by atoms with E-state index in [1.807, 2.05) is 19.1 Å². The van der Waals surface area contributed by atoms with Gasteiger partial charge in [0.15, 0.2) is 0 Å². The fourth-order valence-corrected chi connectivity index (χ4v) is 3.89. The summed E-state index contributed by atoms with van der Waals surface area (Å²) in [6.45, 7) is 1.88. The predicted octanol–water partition coefficient (Wildman–Crippen LogP) is 4.34. The molecule has 0 aromatic heterocycles. The second-order valence-electron chi connectivity index (χ2n) is 5.16. The molecule has 1 heterocycles. The number of nitrogens with zero attached hydrogens (tertiary/aromatic N) is 2. The van der Waals surface area contributed by atoms with Crippen LogP contribution in [-0.2, 0) is 4.79 Å². The molecule has 5 nitrogen and oxygen atoms in total. The second-order valence-corrected chi connectivity index (χ2v) is 6.64. The van der Waals surface area contributed by atoms with Crippen molar-refractivity contribution in [2.45, 2.75) is 12.3 Å². The largest absolute Gasteiger partial charge is 0.295 e. The smallest absolute Gasteiger partial charge is 0.269 e. The minimum atomic E-state index is -0.435. The monoisotopic (exact) mass is 348 g/mol. The van der Waals surface area contributed by atoms with Crippen molar-refractivity contribution in [1.82, 2.24) is 0 Å². The van der Waals surface area contributed by atoms with Crippen molar-refractivity contribution in [2.75, 3.05) is 10.7 Å². The zero-order valence-electron chi connectivity index (χ0n) is 12.2. The first-order chi connectivity index (χ1) is 11.0. The van der Waals surface area contributed by atoms with Crippen molar-refractivity contribution in [3.8, 4) is 0 Å². The van der Waals surface area contributed by atoms with Crippen LogP contribution in [0.1, 0.15) is 16.5 Å². The van der Waals surface area contributed by atoms with Gasteiger partial charge in [0.05, 0.1) is 10.7 Å². The van der Waals surface area contributed by atoms with Crippen LogP contribution in [0.5, 0.6) is 0 Å². The molecule has 1 fully saturated rings. The molecule has 0 spiro atoms. The number of hydrogen-bond donors (Lipinski definition) is 0. The molecular weight excluding hydrogens is 336 g/mol. The van der Waals surface area contributed by atoms with Crippen molar-refractivity contribution < 1.29 is 9.72 Å². The summed E-state index contributed by atoms with van der Waals surface area (Å²) >= 11 is 7.67. The van der Waals surface area contributed by atoms with E-state index in [2.05, 4.69) is 0 Å². The zero-order chi connectivity index (χ0) is 16.6. The SMILES string of the molecule is Cc1c(Cl)cccc1N1C(=O)CS[C@@H]1c1ccc([N+](=O)[O-])cc1. The van der Waals surface area contributed by atoms with Gasteiger partial charge >= 0.3 is 0 Å². The van der Waals surface area contributed by atoms with Gasteiger partial charge in [-0.15, -0.1) is 11.8 Å². The van der Waals surface area contributed by atoms with Gasteiger partial charge in [-0.25, -0.2) is 0 Å². The molecule has 1 atom stereocenters. The van der Waals surface area contributed by atoms with Crippen LogP contribution in [0.3, 0.4) is 0 Å². The third kappa shape index (κ3) is 2.92. The van der Waals surface area contributed by atoms with Gasteiger partial charge in [0.2, 0.25) is 5.91 Å². The highest BCUT2D eigenvalue weighted by Gasteiger charge is 2.35. The molecule has 0 unspecified atom stereocenters. The molecule has 7 heteroatoms. The van der Waals surface area contributed by atoms with Crippen molar-refractivity contribution in [3.05, 3.63) is 68.7 Å². The molecule has 2 aromatic carbocycles. The molecule has 3 rings (SSSR count). The summed E-state index contributed by atoms with van der Waals surface area (Å²) in [5, 5.41) is 11.2. The fourth-order valence-electron chi connectivity index (χ4n) is 2.55. The first-order valence-corrected chi connectivity index (χ1v) is 8.35. The fraction of sp³-hybridized carbons (Fsp3) is 0.188. The van der Waals surface area contributed by atoms with Crippen LogP contribution >= 0.6 is 23.4 Å². The predicted molar refractivity (Wildman–Crippen MR) is 92.0 cm³/mol. The molecule has 1 aliphatic heterocycles. The lowest BCUT2D eigenvalue weighted by atomic mass is 10.1. The molecule has 1 amide bonds. The molecule has 0 N–H and O–H groups in total. The van der Waals surface area contributed by atoms with E-state index < -0.39 is 4.92 Å². The van der Waals surface area contributed by atoms with Gasteiger partial charge < -0.3 is 0 Å². The molecule has 1 aliphatic rings. The Hall–Kier alpha value is -2.05. The lowest BCUT2D eigenvalue weighted by Gasteiger charge is -2.26. The quantitative estimate of drug-likeness (QED) is 0.611. The Morgan fingerprint density at radius 2 is 1.96 bits per heavy atom. The minimum absolute atomic E-state index is 0.00344. The Bertz CT molecular complexity index is 779. The molecule has 0 aliphatic carbocycles. The normalized spacial score (nSPS) is 17.6. The van der Waals surface area contributed by atoms with Crippen LogP contribution in [0, 0.1) is 17.0 Å². The van der Waals surface area contributed by atoms with Gasteiger partial charge in [0.1, 0.15) is 5.37 Å². The maximum absolute atomic E-state index is 12.4. The number of benzene rings is 2. The van der Waals surface area contributed by atoms with Crippen LogP contribution in [0.2, 0.25) is 5.02 Å². The van der Waals surface area contributed by atoms with E-state index in [9.17, 15) is 14.9 Å². The topological polar surface area (TPSA) is 63.5 Å². The number of amides is 1. The van der Waals surface area contributed by atoms with E-state index in [0.717, 1.165) is 16.8 Å². The number of carbonyl (C=O) groups excluding carboxylic acids is 1. The Morgan fingerprint density at radius 1 is 1.26 bits per heavy atom. The molecule has 0 saturated carbocycles. The van der Waals surface area contributed by atoms with Crippen molar-refractivity contribution in [2.24, 2.45) is 0 Å². The number of anilines is 1. The van der Waals surface area contributed by atoms with E-state index in [1.165, 1.54) is 23.9 Å². The summed E-state index contributed by atoms with van der Waals surface area (Å²) in [6.07, 6.45) is 0. The Kier molecular flexibility index (Phi) is 4.28. The van der Waals surface area contributed by atoms with E-state index in [4.69, 9.17) is 11.6 Å². The van der Waals surface area contributed by atoms with Gasteiger partial charge in [-0.1, -0.05) is 17.7 Å². The highest BCUT2D eigenvalue weighted by molar-refractivity contribution is 8.00. The van der Waals surface area contributed by atoms with Crippen LogP contribution in [0.15, 0.2) is 42.5 Å². The number of nitro benzene ring substituents is 1. The van der Waals surface area contributed by atoms with Gasteiger partial charge in [-0.05, 0) is 42.3 Å². The van der Waals surface area contributed by atoms with Crippen LogP contribution in [-0.4, -0.2) is 16.6 Å². The van der Waals surface area contributed by atoms with E-state index in [1.54, 1.807) is 23.1 Å². The van der Waals surface area contributed by atoms with Gasteiger partial charge in [0.25, 0.3) is 5.69 Å². The Labute approximate surface area is 142 Å². The summed E-state index contributed by atoms with van der Waals surface area (Å²) in [4.78, 5) is 24.4. The van der Waals surface area contributed by atoms with Crippen LogP contribution < -0.4 is 4.90 Å². The second kappa shape index (κ2) is 6.22. The number of halogens is 1. The number of rotatable bonds is 3. The Balaban J connectivity index is 2.00. The van der Waals surface area contributed by atoms with Crippen LogP contribution in [0.4, 0.5) is 11.4 Å². The lowest BCUT2D eigenvalue weighted by molar-refractivity contribution is -0.384. The molecular formula is C16H13ClN2O3S. The van der Waals surface area contributed by atoms with Crippen molar-refractivity contribution in [3.63, 3.8) is 0 Å². The third-order valence-corrected chi connectivity index (χ3v) is 5.38. The number of carbonyl (C=O) groups is 1. The van der Waals surface area contributed by atoms with E-state index in [0.29, 0.717) is 10.8 Å². The summed E-state index contributed by atoms with van der Waals surface area (Å²) < 4.78 is 0. The van der Waals surface area contributed by atoms with Gasteiger partial charge in [0, 0.05) is 22.8 Å². The molecule has 0 bridgehead atoms. The maximum atomic E-state index is 12.4. The number of non-ortho nitro benzene ring substituents is 1. The van der Waals surface area contributed by atoms with Crippen molar-refractivity contribution >= 4 is 40.6 Å². The highest BCUT2D eigenvalue weighted by atomic mass is 35.5. The third-order valence-electron chi connectivity index (χ3n) is 3.76. The highest BCUT2D eigenvalue weighted by Crippen LogP contribution is 2.43.